The molecule has 6 heteroatoms. The second-order valence-electron chi connectivity index (χ2n) is 7.58. The summed E-state index contributed by atoms with van der Waals surface area (Å²) in [4.78, 5) is 11.8. The van der Waals surface area contributed by atoms with Crippen molar-refractivity contribution in [2.24, 2.45) is 0 Å². The summed E-state index contributed by atoms with van der Waals surface area (Å²) in [7, 11) is 1.68. The molecule has 26 heavy (non-hydrogen) atoms. The Bertz CT molecular complexity index is 744. The van der Waals surface area contributed by atoms with Gasteiger partial charge in [-0.25, -0.2) is 9.97 Å². The molecule has 1 saturated heterocycles. The van der Waals surface area contributed by atoms with Crippen molar-refractivity contribution in [3.8, 4) is 0 Å². The van der Waals surface area contributed by atoms with Gasteiger partial charge in [0.2, 0.25) is 0 Å². The van der Waals surface area contributed by atoms with E-state index in [1.165, 1.54) is 0 Å². The van der Waals surface area contributed by atoms with E-state index < -0.39 is 0 Å². The lowest BCUT2D eigenvalue weighted by Crippen LogP contribution is -2.39. The maximum atomic E-state index is 6.00. The van der Waals surface area contributed by atoms with Gasteiger partial charge in [0.25, 0.3) is 0 Å². The highest BCUT2D eigenvalue weighted by Gasteiger charge is 2.26. The van der Waals surface area contributed by atoms with Crippen molar-refractivity contribution in [1.29, 1.82) is 0 Å². The molecule has 0 radical (unpaired) electrons. The summed E-state index contributed by atoms with van der Waals surface area (Å²) in [6, 6.07) is 9.86. The SMILES string of the molecule is COCc1cc(N2CCOC(c3ccc(Cl)cc3)C2)nc(C(C)(C)C)n1. The molecule has 1 aromatic carbocycles. The van der Waals surface area contributed by atoms with Crippen LogP contribution in [0.1, 0.15) is 44.0 Å². The van der Waals surface area contributed by atoms with Crippen LogP contribution in [0.4, 0.5) is 5.82 Å². The number of methoxy groups -OCH3 is 1. The van der Waals surface area contributed by atoms with Gasteiger partial charge in [-0.2, -0.15) is 0 Å². The van der Waals surface area contributed by atoms with Gasteiger partial charge in [-0.1, -0.05) is 44.5 Å². The maximum absolute atomic E-state index is 6.00. The smallest absolute Gasteiger partial charge is 0.136 e. The Kier molecular flexibility index (Phi) is 5.80. The number of nitrogens with zero attached hydrogens (tertiary/aromatic N) is 3. The van der Waals surface area contributed by atoms with E-state index in [0.29, 0.717) is 13.2 Å². The Labute approximate surface area is 160 Å². The van der Waals surface area contributed by atoms with Crippen LogP contribution in [0.5, 0.6) is 0 Å². The molecule has 1 atom stereocenters. The highest BCUT2D eigenvalue weighted by molar-refractivity contribution is 6.30. The van der Waals surface area contributed by atoms with E-state index in [1.54, 1.807) is 7.11 Å². The molecule has 1 aliphatic rings. The first-order chi connectivity index (χ1) is 12.4. The Hall–Kier alpha value is -1.69. The average molecular weight is 376 g/mol. The minimum atomic E-state index is -0.125. The quantitative estimate of drug-likeness (QED) is 0.803. The summed E-state index contributed by atoms with van der Waals surface area (Å²) in [6.07, 6.45) is -0.0000520. The number of aromatic nitrogens is 2. The number of anilines is 1. The largest absolute Gasteiger partial charge is 0.378 e. The molecule has 1 aliphatic heterocycles. The molecule has 0 saturated carbocycles. The fourth-order valence-electron chi connectivity index (χ4n) is 2.94. The van der Waals surface area contributed by atoms with E-state index in [4.69, 9.17) is 26.1 Å². The molecule has 1 unspecified atom stereocenters. The van der Waals surface area contributed by atoms with Gasteiger partial charge >= 0.3 is 0 Å². The number of hydrogen-bond donors (Lipinski definition) is 0. The first kappa shape index (κ1) is 19.1. The number of rotatable bonds is 4. The highest BCUT2D eigenvalue weighted by Crippen LogP contribution is 2.28. The van der Waals surface area contributed by atoms with E-state index in [0.717, 1.165) is 41.0 Å². The lowest BCUT2D eigenvalue weighted by Gasteiger charge is -2.34. The number of morpholine rings is 1. The van der Waals surface area contributed by atoms with Crippen molar-refractivity contribution < 1.29 is 9.47 Å². The number of ether oxygens (including phenoxy) is 2. The third kappa shape index (κ3) is 4.53. The fraction of sp³-hybridized carbons (Fsp3) is 0.500. The van der Waals surface area contributed by atoms with Crippen LogP contribution < -0.4 is 4.90 Å². The summed E-state index contributed by atoms with van der Waals surface area (Å²) in [5, 5.41) is 0.733. The van der Waals surface area contributed by atoms with Gasteiger partial charge in [-0.15, -0.1) is 0 Å². The molecule has 1 aromatic heterocycles. The van der Waals surface area contributed by atoms with Crippen LogP contribution in [0.3, 0.4) is 0 Å². The van der Waals surface area contributed by atoms with E-state index in [1.807, 2.05) is 30.3 Å². The third-order valence-corrected chi connectivity index (χ3v) is 4.61. The van der Waals surface area contributed by atoms with Crippen LogP contribution in [0, 0.1) is 0 Å². The van der Waals surface area contributed by atoms with E-state index in [2.05, 4.69) is 30.7 Å². The zero-order chi connectivity index (χ0) is 18.7. The Balaban J connectivity index is 1.87. The number of hydrogen-bond acceptors (Lipinski definition) is 5. The van der Waals surface area contributed by atoms with Gasteiger partial charge < -0.3 is 14.4 Å². The van der Waals surface area contributed by atoms with Gasteiger partial charge in [0.1, 0.15) is 17.7 Å². The summed E-state index contributed by atoms with van der Waals surface area (Å²) in [5.74, 6) is 1.76. The molecule has 5 nitrogen and oxygen atoms in total. The van der Waals surface area contributed by atoms with Crippen LogP contribution in [0.25, 0.3) is 0 Å². The summed E-state index contributed by atoms with van der Waals surface area (Å²) >= 11 is 6.00. The van der Waals surface area contributed by atoms with Crippen molar-refractivity contribution in [3.05, 3.63) is 52.4 Å². The molecule has 2 aromatic rings. The molecule has 140 valence electrons. The van der Waals surface area contributed by atoms with Crippen LogP contribution >= 0.6 is 11.6 Å². The summed E-state index contributed by atoms with van der Waals surface area (Å²) in [6.45, 7) is 9.05. The van der Waals surface area contributed by atoms with Gasteiger partial charge in [-0.05, 0) is 17.7 Å². The molecule has 0 spiro atoms. The molecule has 0 amide bonds. The summed E-state index contributed by atoms with van der Waals surface area (Å²) < 4.78 is 11.3. The molecular formula is C20H26ClN3O2. The van der Waals surface area contributed by atoms with Crippen LogP contribution in [0.15, 0.2) is 30.3 Å². The van der Waals surface area contributed by atoms with Crippen molar-refractivity contribution in [1.82, 2.24) is 9.97 Å². The predicted octanol–water partition coefficient (Wildman–Crippen LogP) is 4.15. The topological polar surface area (TPSA) is 47.5 Å². The lowest BCUT2D eigenvalue weighted by atomic mass is 9.95. The van der Waals surface area contributed by atoms with Gasteiger partial charge in [0.05, 0.1) is 18.9 Å². The summed E-state index contributed by atoms with van der Waals surface area (Å²) in [5.41, 5.74) is 1.90. The molecule has 0 N–H and O–H groups in total. The third-order valence-electron chi connectivity index (χ3n) is 4.36. The molecule has 0 bridgehead atoms. The van der Waals surface area contributed by atoms with Crippen LogP contribution in [-0.4, -0.2) is 36.8 Å². The van der Waals surface area contributed by atoms with Gasteiger partial charge in [0.15, 0.2) is 0 Å². The Morgan fingerprint density at radius 3 is 2.62 bits per heavy atom. The molecule has 3 rings (SSSR count). The second-order valence-corrected chi connectivity index (χ2v) is 8.02. The maximum Gasteiger partial charge on any atom is 0.136 e. The molecule has 1 fully saturated rings. The minimum absolute atomic E-state index is 0.0000520. The zero-order valence-electron chi connectivity index (χ0n) is 15.8. The van der Waals surface area contributed by atoms with Crippen molar-refractivity contribution in [2.45, 2.75) is 38.9 Å². The van der Waals surface area contributed by atoms with E-state index in [9.17, 15) is 0 Å². The van der Waals surface area contributed by atoms with Crippen molar-refractivity contribution >= 4 is 17.4 Å². The fourth-order valence-corrected chi connectivity index (χ4v) is 3.06. The first-order valence-corrected chi connectivity index (χ1v) is 9.24. The standard InChI is InChI=1S/C20H26ClN3O2/c1-20(2,3)19-22-16(13-25-4)11-18(23-19)24-9-10-26-17(12-24)14-5-7-15(21)8-6-14/h5-8,11,17H,9-10,12-13H2,1-4H3. The average Bonchev–Trinajstić information content (AvgIpc) is 2.62. The first-order valence-electron chi connectivity index (χ1n) is 8.86. The van der Waals surface area contributed by atoms with Crippen molar-refractivity contribution in [2.75, 3.05) is 31.7 Å². The molecular weight excluding hydrogens is 350 g/mol. The normalized spacial score (nSPS) is 18.2. The highest BCUT2D eigenvalue weighted by atomic mass is 35.5. The number of halogens is 1. The van der Waals surface area contributed by atoms with Crippen molar-refractivity contribution in [3.63, 3.8) is 0 Å². The van der Waals surface area contributed by atoms with E-state index >= 15 is 0 Å². The second kappa shape index (κ2) is 7.91. The minimum Gasteiger partial charge on any atom is -0.378 e. The predicted molar refractivity (Wildman–Crippen MR) is 104 cm³/mol. The van der Waals surface area contributed by atoms with Crippen LogP contribution in [-0.2, 0) is 21.5 Å². The molecule has 2 heterocycles. The lowest BCUT2D eigenvalue weighted by molar-refractivity contribution is 0.0395. The van der Waals surface area contributed by atoms with Gasteiger partial charge in [-0.3, -0.25) is 0 Å². The van der Waals surface area contributed by atoms with E-state index in [-0.39, 0.29) is 11.5 Å². The molecule has 0 aliphatic carbocycles. The Morgan fingerprint density at radius 1 is 1.23 bits per heavy atom. The Morgan fingerprint density at radius 2 is 1.96 bits per heavy atom. The monoisotopic (exact) mass is 375 g/mol. The zero-order valence-corrected chi connectivity index (χ0v) is 16.6. The van der Waals surface area contributed by atoms with Gasteiger partial charge in [0, 0.05) is 36.7 Å². The van der Waals surface area contributed by atoms with Crippen LogP contribution in [0.2, 0.25) is 5.02 Å². The number of benzene rings is 1.